The van der Waals surface area contributed by atoms with Gasteiger partial charge >= 0.3 is 0 Å². The van der Waals surface area contributed by atoms with Gasteiger partial charge in [0, 0.05) is 18.0 Å². The standard InChI is InChI=1S/C9H12N2O2S/c10-3-8-1-2-9(14-8)5-11-4-7(13)6-12/h1-2,7,11-13H,4-6H2. The highest BCUT2D eigenvalue weighted by atomic mass is 32.1. The van der Waals surface area contributed by atoms with Crippen LogP contribution in [-0.2, 0) is 6.54 Å². The highest BCUT2D eigenvalue weighted by molar-refractivity contribution is 7.12. The van der Waals surface area contributed by atoms with Gasteiger partial charge < -0.3 is 15.5 Å². The van der Waals surface area contributed by atoms with E-state index in [1.54, 1.807) is 6.07 Å². The summed E-state index contributed by atoms with van der Waals surface area (Å²) in [6.45, 7) is 0.737. The number of nitrogens with one attached hydrogen (secondary N) is 1. The zero-order valence-electron chi connectivity index (χ0n) is 7.60. The van der Waals surface area contributed by atoms with Crippen LogP contribution in [0.5, 0.6) is 0 Å². The van der Waals surface area contributed by atoms with Gasteiger partial charge in [-0.25, -0.2) is 0 Å². The molecule has 0 fully saturated rings. The van der Waals surface area contributed by atoms with Crippen LogP contribution in [0.15, 0.2) is 12.1 Å². The molecule has 0 bridgehead atoms. The predicted octanol–water partition coefficient (Wildman–Crippen LogP) is 0.0626. The van der Waals surface area contributed by atoms with Gasteiger partial charge in [-0.1, -0.05) is 0 Å². The van der Waals surface area contributed by atoms with E-state index in [2.05, 4.69) is 11.4 Å². The van der Waals surface area contributed by atoms with Gasteiger partial charge in [0.25, 0.3) is 0 Å². The molecule has 1 aromatic rings. The van der Waals surface area contributed by atoms with E-state index in [-0.39, 0.29) is 6.61 Å². The second-order valence-corrected chi connectivity index (χ2v) is 4.01. The van der Waals surface area contributed by atoms with E-state index in [4.69, 9.17) is 15.5 Å². The van der Waals surface area contributed by atoms with Crippen LogP contribution in [0.3, 0.4) is 0 Å². The van der Waals surface area contributed by atoms with E-state index in [0.29, 0.717) is 18.0 Å². The van der Waals surface area contributed by atoms with Gasteiger partial charge in [-0.2, -0.15) is 5.26 Å². The molecule has 1 aromatic heterocycles. The van der Waals surface area contributed by atoms with E-state index in [9.17, 15) is 0 Å². The molecule has 3 N–H and O–H groups in total. The molecular formula is C9H12N2O2S. The van der Waals surface area contributed by atoms with Gasteiger partial charge in [0.2, 0.25) is 0 Å². The normalized spacial score (nSPS) is 12.4. The zero-order chi connectivity index (χ0) is 10.4. The molecule has 0 radical (unpaired) electrons. The van der Waals surface area contributed by atoms with Crippen LogP contribution in [0.2, 0.25) is 0 Å². The molecular weight excluding hydrogens is 200 g/mol. The number of aliphatic hydroxyl groups excluding tert-OH is 2. The largest absolute Gasteiger partial charge is 0.394 e. The first-order valence-electron chi connectivity index (χ1n) is 4.24. The molecule has 76 valence electrons. The van der Waals surface area contributed by atoms with Crippen LogP contribution >= 0.6 is 11.3 Å². The summed E-state index contributed by atoms with van der Waals surface area (Å²) in [6.07, 6.45) is -0.717. The molecule has 0 aromatic carbocycles. The van der Waals surface area contributed by atoms with Crippen LogP contribution in [0, 0.1) is 11.3 Å². The molecule has 4 nitrogen and oxygen atoms in total. The maximum absolute atomic E-state index is 9.03. The van der Waals surface area contributed by atoms with Crippen molar-refractivity contribution in [2.24, 2.45) is 0 Å². The van der Waals surface area contributed by atoms with Crippen molar-refractivity contribution in [1.82, 2.24) is 5.32 Å². The monoisotopic (exact) mass is 212 g/mol. The predicted molar refractivity (Wildman–Crippen MR) is 53.8 cm³/mol. The lowest BCUT2D eigenvalue weighted by Gasteiger charge is -2.07. The Morgan fingerprint density at radius 3 is 2.93 bits per heavy atom. The Labute approximate surface area is 86.4 Å². The van der Waals surface area contributed by atoms with Crippen molar-refractivity contribution < 1.29 is 10.2 Å². The summed E-state index contributed by atoms with van der Waals surface area (Å²) in [7, 11) is 0. The van der Waals surface area contributed by atoms with Crippen molar-refractivity contribution in [3.05, 3.63) is 21.9 Å². The minimum Gasteiger partial charge on any atom is -0.394 e. The number of thiophene rings is 1. The van der Waals surface area contributed by atoms with Crippen LogP contribution < -0.4 is 5.32 Å². The summed E-state index contributed by atoms with van der Waals surface area (Å²) < 4.78 is 0. The molecule has 0 saturated carbocycles. The van der Waals surface area contributed by atoms with Gasteiger partial charge in [0.1, 0.15) is 10.9 Å². The quantitative estimate of drug-likeness (QED) is 0.645. The zero-order valence-corrected chi connectivity index (χ0v) is 8.42. The lowest BCUT2D eigenvalue weighted by atomic mass is 10.3. The number of hydrogen-bond donors (Lipinski definition) is 3. The molecule has 1 rings (SSSR count). The van der Waals surface area contributed by atoms with Crippen LogP contribution in [0.4, 0.5) is 0 Å². The Kier molecular flexibility index (Phi) is 4.56. The van der Waals surface area contributed by atoms with Crippen molar-refractivity contribution >= 4 is 11.3 Å². The Hall–Kier alpha value is -0.930. The number of aliphatic hydroxyl groups is 2. The summed E-state index contributed by atoms with van der Waals surface area (Å²) in [5.74, 6) is 0. The second kappa shape index (κ2) is 5.73. The molecule has 0 aliphatic carbocycles. The lowest BCUT2D eigenvalue weighted by molar-refractivity contribution is 0.0943. The first-order valence-corrected chi connectivity index (χ1v) is 5.06. The summed E-state index contributed by atoms with van der Waals surface area (Å²) >= 11 is 1.42. The molecule has 0 aliphatic rings. The minimum absolute atomic E-state index is 0.235. The summed E-state index contributed by atoms with van der Waals surface area (Å²) in [4.78, 5) is 1.73. The fourth-order valence-electron chi connectivity index (χ4n) is 0.960. The Bertz CT molecular complexity index is 319. The first kappa shape index (κ1) is 11.1. The number of hydrogen-bond acceptors (Lipinski definition) is 5. The highest BCUT2D eigenvalue weighted by Gasteiger charge is 2.02. The Morgan fingerprint density at radius 1 is 1.57 bits per heavy atom. The number of rotatable bonds is 5. The third-order valence-electron chi connectivity index (χ3n) is 1.66. The van der Waals surface area contributed by atoms with E-state index in [1.165, 1.54) is 11.3 Å². The van der Waals surface area contributed by atoms with E-state index in [0.717, 1.165) is 4.88 Å². The SMILES string of the molecule is N#Cc1ccc(CNCC(O)CO)s1. The maximum atomic E-state index is 9.03. The minimum atomic E-state index is -0.717. The third kappa shape index (κ3) is 3.44. The molecule has 0 saturated heterocycles. The number of nitrogens with zero attached hydrogens (tertiary/aromatic N) is 1. The van der Waals surface area contributed by atoms with Crippen LogP contribution in [0.25, 0.3) is 0 Å². The van der Waals surface area contributed by atoms with Crippen molar-refractivity contribution in [2.45, 2.75) is 12.6 Å². The van der Waals surface area contributed by atoms with Crippen molar-refractivity contribution in [1.29, 1.82) is 5.26 Å². The van der Waals surface area contributed by atoms with Gasteiger partial charge in [-0.05, 0) is 12.1 Å². The molecule has 5 heteroatoms. The Balaban J connectivity index is 2.28. The Morgan fingerprint density at radius 2 is 2.36 bits per heavy atom. The first-order chi connectivity index (χ1) is 6.76. The van der Waals surface area contributed by atoms with Crippen LogP contribution in [0.1, 0.15) is 9.75 Å². The van der Waals surface area contributed by atoms with Crippen molar-refractivity contribution in [3.8, 4) is 6.07 Å². The topological polar surface area (TPSA) is 76.3 Å². The molecule has 14 heavy (non-hydrogen) atoms. The van der Waals surface area contributed by atoms with Gasteiger partial charge in [-0.15, -0.1) is 11.3 Å². The van der Waals surface area contributed by atoms with Crippen molar-refractivity contribution in [3.63, 3.8) is 0 Å². The van der Waals surface area contributed by atoms with Gasteiger partial charge in [-0.3, -0.25) is 0 Å². The summed E-state index contributed by atoms with van der Waals surface area (Å²) in [5, 5.41) is 29.1. The van der Waals surface area contributed by atoms with E-state index >= 15 is 0 Å². The number of nitriles is 1. The lowest BCUT2D eigenvalue weighted by Crippen LogP contribution is -2.28. The molecule has 0 amide bonds. The fraction of sp³-hybridized carbons (Fsp3) is 0.444. The van der Waals surface area contributed by atoms with Crippen LogP contribution in [-0.4, -0.2) is 29.5 Å². The maximum Gasteiger partial charge on any atom is 0.110 e. The van der Waals surface area contributed by atoms with E-state index in [1.807, 2.05) is 6.07 Å². The highest BCUT2D eigenvalue weighted by Crippen LogP contribution is 2.14. The molecule has 1 heterocycles. The van der Waals surface area contributed by atoms with Crippen molar-refractivity contribution in [2.75, 3.05) is 13.2 Å². The molecule has 1 unspecified atom stereocenters. The average Bonchev–Trinajstić information content (AvgIpc) is 2.65. The summed E-state index contributed by atoms with van der Waals surface area (Å²) in [6, 6.07) is 5.70. The second-order valence-electron chi connectivity index (χ2n) is 2.85. The van der Waals surface area contributed by atoms with Gasteiger partial charge in [0.15, 0.2) is 0 Å². The fourth-order valence-corrected chi connectivity index (χ4v) is 1.73. The molecule has 0 aliphatic heterocycles. The third-order valence-corrected chi connectivity index (χ3v) is 2.65. The molecule has 1 atom stereocenters. The summed E-state index contributed by atoms with van der Waals surface area (Å²) in [5.41, 5.74) is 0. The smallest absolute Gasteiger partial charge is 0.110 e. The van der Waals surface area contributed by atoms with Gasteiger partial charge in [0.05, 0.1) is 12.7 Å². The van der Waals surface area contributed by atoms with E-state index < -0.39 is 6.10 Å². The average molecular weight is 212 g/mol. The molecule has 0 spiro atoms.